The highest BCUT2D eigenvalue weighted by Gasteiger charge is 2.34. The Kier molecular flexibility index (Phi) is 3.78. The van der Waals surface area contributed by atoms with E-state index in [0.29, 0.717) is 5.71 Å². The number of hydrogen-bond donors (Lipinski definition) is 0. The first-order valence-corrected chi connectivity index (χ1v) is 7.04. The maximum atomic E-state index is 12.2. The van der Waals surface area contributed by atoms with Gasteiger partial charge < -0.3 is 0 Å². The number of carbonyl (C=O) groups excluding carboxylic acids is 1. The molecule has 1 heterocycles. The van der Waals surface area contributed by atoms with E-state index in [1.54, 1.807) is 7.05 Å². The van der Waals surface area contributed by atoms with Crippen molar-refractivity contribution in [2.45, 2.75) is 13.0 Å². The summed E-state index contributed by atoms with van der Waals surface area (Å²) in [5, 5.41) is 14.0. The van der Waals surface area contributed by atoms with E-state index in [4.69, 9.17) is 0 Å². The van der Waals surface area contributed by atoms with Crippen LogP contribution in [0.1, 0.15) is 11.1 Å². The molecule has 1 aliphatic rings. The van der Waals surface area contributed by atoms with Gasteiger partial charge in [-0.3, -0.25) is 4.79 Å². The topological polar surface area (TPSA) is 57.4 Å². The average Bonchev–Trinajstić information content (AvgIpc) is 2.83. The van der Waals surface area contributed by atoms with Crippen LogP contribution in [0.2, 0.25) is 0 Å². The van der Waals surface area contributed by atoms with Crippen LogP contribution in [0.15, 0.2) is 69.9 Å². The van der Waals surface area contributed by atoms with Crippen LogP contribution in [0.3, 0.4) is 0 Å². The molecule has 0 aliphatic carbocycles. The summed E-state index contributed by atoms with van der Waals surface area (Å²) < 4.78 is 0. The molecule has 5 heteroatoms. The quantitative estimate of drug-likeness (QED) is 0.800. The predicted octanol–water partition coefficient (Wildman–Crippen LogP) is 3.32. The first-order chi connectivity index (χ1) is 10.6. The number of nitrogens with zero attached hydrogens (tertiary/aromatic N) is 4. The third-order valence-electron chi connectivity index (χ3n) is 3.46. The first-order valence-electron chi connectivity index (χ1n) is 7.04. The fourth-order valence-electron chi connectivity index (χ4n) is 2.22. The van der Waals surface area contributed by atoms with Gasteiger partial charge in [-0.25, -0.2) is 5.01 Å². The first kappa shape index (κ1) is 14.1. The fourth-order valence-corrected chi connectivity index (χ4v) is 2.22. The zero-order valence-corrected chi connectivity index (χ0v) is 12.5. The van der Waals surface area contributed by atoms with Gasteiger partial charge in [-0.2, -0.15) is 15.3 Å². The normalized spacial score (nSPS) is 18.1. The molecule has 0 N–H and O–H groups in total. The summed E-state index contributed by atoms with van der Waals surface area (Å²) in [6.45, 7) is 2.01. The van der Waals surface area contributed by atoms with E-state index < -0.39 is 6.04 Å². The Balaban J connectivity index is 1.89. The van der Waals surface area contributed by atoms with Crippen LogP contribution in [0.4, 0.5) is 5.69 Å². The summed E-state index contributed by atoms with van der Waals surface area (Å²) in [5.74, 6) is -0.172. The van der Waals surface area contributed by atoms with Crippen molar-refractivity contribution in [3.63, 3.8) is 0 Å². The van der Waals surface area contributed by atoms with Gasteiger partial charge in [-0.15, -0.1) is 0 Å². The van der Waals surface area contributed by atoms with Crippen molar-refractivity contribution in [3.8, 4) is 0 Å². The van der Waals surface area contributed by atoms with E-state index >= 15 is 0 Å². The number of benzene rings is 2. The number of carbonyl (C=O) groups is 1. The van der Waals surface area contributed by atoms with Crippen molar-refractivity contribution >= 4 is 17.3 Å². The van der Waals surface area contributed by atoms with Gasteiger partial charge in [-0.1, -0.05) is 48.0 Å². The van der Waals surface area contributed by atoms with Crippen LogP contribution in [-0.2, 0) is 4.79 Å². The van der Waals surface area contributed by atoms with Gasteiger partial charge in [0.25, 0.3) is 5.91 Å². The lowest BCUT2D eigenvalue weighted by Crippen LogP contribution is -2.28. The molecule has 22 heavy (non-hydrogen) atoms. The van der Waals surface area contributed by atoms with E-state index in [1.807, 2.05) is 61.5 Å². The number of hydrazone groups is 1. The Morgan fingerprint density at radius 3 is 2.41 bits per heavy atom. The molecule has 0 radical (unpaired) electrons. The fraction of sp³-hybridized carbons (Fsp3) is 0.176. The van der Waals surface area contributed by atoms with Crippen molar-refractivity contribution in [2.24, 2.45) is 15.3 Å². The molecule has 2 aromatic carbocycles. The minimum absolute atomic E-state index is 0.172. The van der Waals surface area contributed by atoms with Gasteiger partial charge in [0, 0.05) is 12.6 Å². The molecular weight excluding hydrogens is 276 g/mol. The van der Waals surface area contributed by atoms with Gasteiger partial charge in [0.15, 0.2) is 6.04 Å². The van der Waals surface area contributed by atoms with E-state index in [2.05, 4.69) is 15.3 Å². The van der Waals surface area contributed by atoms with Crippen molar-refractivity contribution < 1.29 is 4.79 Å². The van der Waals surface area contributed by atoms with Crippen LogP contribution >= 0.6 is 0 Å². The molecule has 0 aromatic heterocycles. The van der Waals surface area contributed by atoms with Gasteiger partial charge in [-0.05, 0) is 19.1 Å². The number of amides is 1. The van der Waals surface area contributed by atoms with E-state index in [9.17, 15) is 4.79 Å². The molecule has 5 nitrogen and oxygen atoms in total. The van der Waals surface area contributed by atoms with Crippen molar-refractivity contribution in [2.75, 3.05) is 7.05 Å². The highest BCUT2D eigenvalue weighted by atomic mass is 16.2. The number of azo groups is 1. The molecule has 0 saturated heterocycles. The van der Waals surface area contributed by atoms with Crippen molar-refractivity contribution in [3.05, 3.63) is 65.7 Å². The Morgan fingerprint density at radius 2 is 1.73 bits per heavy atom. The predicted molar refractivity (Wildman–Crippen MR) is 85.2 cm³/mol. The zero-order chi connectivity index (χ0) is 15.5. The molecule has 0 spiro atoms. The van der Waals surface area contributed by atoms with Crippen molar-refractivity contribution in [1.82, 2.24) is 5.01 Å². The maximum Gasteiger partial charge on any atom is 0.275 e. The van der Waals surface area contributed by atoms with Crippen LogP contribution < -0.4 is 0 Å². The third-order valence-corrected chi connectivity index (χ3v) is 3.46. The van der Waals surface area contributed by atoms with E-state index in [0.717, 1.165) is 16.8 Å². The molecule has 3 rings (SSSR count). The van der Waals surface area contributed by atoms with Gasteiger partial charge in [0.05, 0.1) is 5.69 Å². The minimum Gasteiger partial charge on any atom is -0.270 e. The molecule has 0 fully saturated rings. The second kappa shape index (κ2) is 5.89. The number of likely N-dealkylation sites (N-methyl/N-ethyl adjacent to an activating group) is 1. The molecular formula is C17H16N4O. The number of rotatable bonds is 3. The molecule has 0 bridgehead atoms. The summed E-state index contributed by atoms with van der Waals surface area (Å²) in [5.41, 5.74) is 3.39. The van der Waals surface area contributed by atoms with Crippen LogP contribution in [0.25, 0.3) is 0 Å². The lowest BCUT2D eigenvalue weighted by Gasteiger charge is -2.05. The van der Waals surface area contributed by atoms with Crippen LogP contribution in [0, 0.1) is 6.92 Å². The second-order valence-corrected chi connectivity index (χ2v) is 5.17. The summed E-state index contributed by atoms with van der Waals surface area (Å²) >= 11 is 0. The van der Waals surface area contributed by atoms with E-state index in [1.165, 1.54) is 5.01 Å². The van der Waals surface area contributed by atoms with Gasteiger partial charge >= 0.3 is 0 Å². The molecule has 1 aliphatic heterocycles. The summed E-state index contributed by atoms with van der Waals surface area (Å²) in [6, 6.07) is 16.6. The number of hydrogen-bond acceptors (Lipinski definition) is 4. The Morgan fingerprint density at radius 1 is 1.05 bits per heavy atom. The summed E-state index contributed by atoms with van der Waals surface area (Å²) in [4.78, 5) is 12.2. The second-order valence-electron chi connectivity index (χ2n) is 5.17. The Bertz CT molecular complexity index is 735. The SMILES string of the molecule is Cc1ccc(N=NC2C(=O)N(C)N=C2c2ccccc2)cc1. The third kappa shape index (κ3) is 2.79. The van der Waals surface area contributed by atoms with Crippen LogP contribution in [-0.4, -0.2) is 29.7 Å². The molecule has 0 saturated carbocycles. The lowest BCUT2D eigenvalue weighted by molar-refractivity contribution is -0.128. The number of aryl methyl sites for hydroxylation is 1. The molecule has 110 valence electrons. The molecule has 1 atom stereocenters. The van der Waals surface area contributed by atoms with E-state index in [-0.39, 0.29) is 5.91 Å². The summed E-state index contributed by atoms with van der Waals surface area (Å²) in [7, 11) is 1.63. The van der Waals surface area contributed by atoms with Gasteiger partial charge in [0.2, 0.25) is 0 Å². The highest BCUT2D eigenvalue weighted by molar-refractivity contribution is 6.19. The minimum atomic E-state index is -0.686. The maximum absolute atomic E-state index is 12.2. The zero-order valence-electron chi connectivity index (χ0n) is 12.5. The average molecular weight is 292 g/mol. The smallest absolute Gasteiger partial charge is 0.270 e. The van der Waals surface area contributed by atoms with Gasteiger partial charge in [0.1, 0.15) is 5.71 Å². The lowest BCUT2D eigenvalue weighted by atomic mass is 10.0. The standard InChI is InChI=1S/C17H16N4O/c1-12-8-10-14(11-9-12)18-19-16-15(20-21(2)17(16)22)13-6-4-3-5-7-13/h3-11,16H,1-2H3. The van der Waals surface area contributed by atoms with Crippen molar-refractivity contribution in [1.29, 1.82) is 0 Å². The Hall–Kier alpha value is -2.82. The van der Waals surface area contributed by atoms with Crippen LogP contribution in [0.5, 0.6) is 0 Å². The Labute approximate surface area is 129 Å². The molecule has 2 aromatic rings. The largest absolute Gasteiger partial charge is 0.275 e. The molecule has 1 amide bonds. The highest BCUT2D eigenvalue weighted by Crippen LogP contribution is 2.20. The monoisotopic (exact) mass is 292 g/mol. The summed E-state index contributed by atoms with van der Waals surface area (Å²) in [6.07, 6.45) is 0. The molecule has 1 unspecified atom stereocenters.